The smallest absolute Gasteiger partial charge is 0.186 e. The van der Waals surface area contributed by atoms with E-state index in [1.54, 1.807) is 29.8 Å². The molecule has 0 saturated carbocycles. The maximum Gasteiger partial charge on any atom is 0.186 e. The number of hydrogen-bond donors (Lipinski definition) is 1. The first-order valence-corrected chi connectivity index (χ1v) is 8.93. The van der Waals surface area contributed by atoms with Gasteiger partial charge in [-0.3, -0.25) is 0 Å². The third-order valence-electron chi connectivity index (χ3n) is 3.16. The molecular weight excluding hydrogens is 302 g/mol. The Morgan fingerprint density at radius 2 is 2.24 bits per heavy atom. The standard InChI is InChI=1S/C15H23N3OS2/c1-4-16-9-14-13(11-19-3)17-15(21-14)18(5-2)10-12-7-6-8-20-12/h6-8,16H,4-5,9-11H2,1-3H3. The fraction of sp³-hybridized carbons (Fsp3) is 0.533. The highest BCUT2D eigenvalue weighted by Gasteiger charge is 2.15. The summed E-state index contributed by atoms with van der Waals surface area (Å²) in [4.78, 5) is 9.76. The predicted molar refractivity (Wildman–Crippen MR) is 91.3 cm³/mol. The van der Waals surface area contributed by atoms with Gasteiger partial charge in [-0.25, -0.2) is 4.98 Å². The molecule has 21 heavy (non-hydrogen) atoms. The van der Waals surface area contributed by atoms with E-state index >= 15 is 0 Å². The van der Waals surface area contributed by atoms with Gasteiger partial charge in [0, 0.05) is 30.0 Å². The lowest BCUT2D eigenvalue weighted by atomic mass is 10.3. The maximum atomic E-state index is 5.28. The Kier molecular flexibility index (Phi) is 6.63. The molecule has 2 aromatic rings. The average molecular weight is 326 g/mol. The highest BCUT2D eigenvalue weighted by atomic mass is 32.1. The van der Waals surface area contributed by atoms with Gasteiger partial charge in [-0.2, -0.15) is 0 Å². The van der Waals surface area contributed by atoms with Gasteiger partial charge in [0.05, 0.1) is 18.8 Å². The number of hydrogen-bond acceptors (Lipinski definition) is 6. The van der Waals surface area contributed by atoms with Gasteiger partial charge in [0.15, 0.2) is 5.13 Å². The molecule has 0 atom stereocenters. The van der Waals surface area contributed by atoms with Crippen molar-refractivity contribution >= 4 is 27.8 Å². The Labute approximate surface area is 134 Å². The predicted octanol–water partition coefficient (Wildman–Crippen LogP) is 3.49. The zero-order chi connectivity index (χ0) is 15.1. The molecule has 0 aliphatic heterocycles. The van der Waals surface area contributed by atoms with Crippen molar-refractivity contribution in [1.29, 1.82) is 0 Å². The molecule has 0 unspecified atom stereocenters. The van der Waals surface area contributed by atoms with Gasteiger partial charge in [-0.05, 0) is 24.9 Å². The Bertz CT molecular complexity index is 525. The van der Waals surface area contributed by atoms with E-state index in [4.69, 9.17) is 9.72 Å². The van der Waals surface area contributed by atoms with E-state index in [1.165, 1.54) is 9.75 Å². The molecule has 2 heterocycles. The molecule has 0 aliphatic rings. The molecule has 0 radical (unpaired) electrons. The number of rotatable bonds is 9. The number of ether oxygens (including phenoxy) is 1. The lowest BCUT2D eigenvalue weighted by Gasteiger charge is -2.18. The average Bonchev–Trinajstić information content (AvgIpc) is 3.13. The molecule has 0 spiro atoms. The highest BCUT2D eigenvalue weighted by molar-refractivity contribution is 7.15. The second kappa shape index (κ2) is 8.48. The summed E-state index contributed by atoms with van der Waals surface area (Å²) in [5.74, 6) is 0. The van der Waals surface area contributed by atoms with Crippen LogP contribution >= 0.6 is 22.7 Å². The summed E-state index contributed by atoms with van der Waals surface area (Å²) in [7, 11) is 1.72. The minimum absolute atomic E-state index is 0.577. The summed E-state index contributed by atoms with van der Waals surface area (Å²) in [5, 5.41) is 6.59. The monoisotopic (exact) mass is 325 g/mol. The summed E-state index contributed by atoms with van der Waals surface area (Å²) < 4.78 is 5.28. The van der Waals surface area contributed by atoms with E-state index < -0.39 is 0 Å². The van der Waals surface area contributed by atoms with Crippen LogP contribution in [0.5, 0.6) is 0 Å². The summed E-state index contributed by atoms with van der Waals surface area (Å²) in [6.07, 6.45) is 0. The summed E-state index contributed by atoms with van der Waals surface area (Å²) in [6.45, 7) is 8.58. The van der Waals surface area contributed by atoms with E-state index in [-0.39, 0.29) is 0 Å². The molecule has 4 nitrogen and oxygen atoms in total. The molecule has 0 bridgehead atoms. The number of thiazole rings is 1. The molecule has 6 heteroatoms. The number of methoxy groups -OCH3 is 1. The first-order chi connectivity index (χ1) is 10.3. The summed E-state index contributed by atoms with van der Waals surface area (Å²) in [6, 6.07) is 4.28. The van der Waals surface area contributed by atoms with Crippen LogP contribution in [0.1, 0.15) is 29.3 Å². The van der Waals surface area contributed by atoms with Gasteiger partial charge in [-0.1, -0.05) is 13.0 Å². The van der Waals surface area contributed by atoms with Gasteiger partial charge in [0.2, 0.25) is 0 Å². The zero-order valence-corrected chi connectivity index (χ0v) is 14.5. The van der Waals surface area contributed by atoms with Crippen LogP contribution in [0.2, 0.25) is 0 Å². The van der Waals surface area contributed by atoms with Crippen LogP contribution in [0.15, 0.2) is 17.5 Å². The molecule has 0 aromatic carbocycles. The number of thiophene rings is 1. The first kappa shape index (κ1) is 16.4. The van der Waals surface area contributed by atoms with Crippen molar-refractivity contribution in [2.45, 2.75) is 33.5 Å². The minimum Gasteiger partial charge on any atom is -0.378 e. The minimum atomic E-state index is 0.577. The van der Waals surface area contributed by atoms with Crippen molar-refractivity contribution in [3.8, 4) is 0 Å². The molecule has 1 N–H and O–H groups in total. The van der Waals surface area contributed by atoms with Crippen molar-refractivity contribution in [3.05, 3.63) is 33.0 Å². The molecule has 2 aromatic heterocycles. The second-order valence-corrected chi connectivity index (χ2v) is 6.77. The molecule has 116 valence electrons. The third-order valence-corrected chi connectivity index (χ3v) is 5.18. The summed E-state index contributed by atoms with van der Waals surface area (Å²) >= 11 is 3.57. The third kappa shape index (κ3) is 4.51. The van der Waals surface area contributed by atoms with Crippen molar-refractivity contribution in [3.63, 3.8) is 0 Å². The van der Waals surface area contributed by atoms with Gasteiger partial charge < -0.3 is 15.0 Å². The molecule has 0 saturated heterocycles. The van der Waals surface area contributed by atoms with Gasteiger partial charge in [0.25, 0.3) is 0 Å². The Morgan fingerprint density at radius 3 is 2.86 bits per heavy atom. The van der Waals surface area contributed by atoms with E-state index in [0.29, 0.717) is 6.61 Å². The van der Waals surface area contributed by atoms with Crippen LogP contribution in [-0.4, -0.2) is 25.2 Å². The lowest BCUT2D eigenvalue weighted by molar-refractivity contribution is 0.181. The SMILES string of the molecule is CCNCc1sc(N(CC)Cc2cccs2)nc1COC. The second-order valence-electron chi connectivity index (χ2n) is 4.67. The molecule has 0 aliphatic carbocycles. The number of nitrogens with one attached hydrogen (secondary N) is 1. The lowest BCUT2D eigenvalue weighted by Crippen LogP contribution is -2.21. The van der Waals surface area contributed by atoms with Crippen LogP contribution in [0.4, 0.5) is 5.13 Å². The van der Waals surface area contributed by atoms with E-state index in [2.05, 4.69) is 41.6 Å². The number of anilines is 1. The van der Waals surface area contributed by atoms with Crippen molar-refractivity contribution in [2.75, 3.05) is 25.1 Å². The normalized spacial score (nSPS) is 11.0. The summed E-state index contributed by atoms with van der Waals surface area (Å²) in [5.41, 5.74) is 1.06. The maximum absolute atomic E-state index is 5.28. The first-order valence-electron chi connectivity index (χ1n) is 7.24. The number of nitrogens with zero attached hydrogens (tertiary/aromatic N) is 2. The van der Waals surface area contributed by atoms with E-state index in [9.17, 15) is 0 Å². The largest absolute Gasteiger partial charge is 0.378 e. The zero-order valence-electron chi connectivity index (χ0n) is 12.9. The van der Waals surface area contributed by atoms with Gasteiger partial charge >= 0.3 is 0 Å². The van der Waals surface area contributed by atoms with Crippen molar-refractivity contribution < 1.29 is 4.74 Å². The molecule has 0 fully saturated rings. The molecular formula is C15H23N3OS2. The van der Waals surface area contributed by atoms with Crippen LogP contribution in [0.25, 0.3) is 0 Å². The quantitative estimate of drug-likeness (QED) is 0.766. The van der Waals surface area contributed by atoms with Gasteiger partial charge in [-0.15, -0.1) is 22.7 Å². The Morgan fingerprint density at radius 1 is 1.38 bits per heavy atom. The van der Waals surface area contributed by atoms with Crippen LogP contribution in [-0.2, 0) is 24.4 Å². The molecule has 2 rings (SSSR count). The topological polar surface area (TPSA) is 37.4 Å². The fourth-order valence-corrected chi connectivity index (χ4v) is 3.85. The van der Waals surface area contributed by atoms with E-state index in [1.807, 2.05) is 0 Å². The van der Waals surface area contributed by atoms with Crippen molar-refractivity contribution in [1.82, 2.24) is 10.3 Å². The van der Waals surface area contributed by atoms with Gasteiger partial charge in [0.1, 0.15) is 0 Å². The van der Waals surface area contributed by atoms with E-state index in [0.717, 1.165) is 37.0 Å². The number of aromatic nitrogens is 1. The fourth-order valence-electron chi connectivity index (χ4n) is 2.04. The van der Waals surface area contributed by atoms with Crippen molar-refractivity contribution in [2.24, 2.45) is 0 Å². The highest BCUT2D eigenvalue weighted by Crippen LogP contribution is 2.28. The Balaban J connectivity index is 2.15. The Hall–Kier alpha value is -0.950. The van der Waals surface area contributed by atoms with Crippen LogP contribution in [0, 0.1) is 0 Å². The molecule has 0 amide bonds. The van der Waals surface area contributed by atoms with Crippen LogP contribution in [0.3, 0.4) is 0 Å². The van der Waals surface area contributed by atoms with Crippen LogP contribution < -0.4 is 10.2 Å².